The molecule has 0 heterocycles. The van der Waals surface area contributed by atoms with Gasteiger partial charge < -0.3 is 16.0 Å². The maximum atomic E-state index is 11.3. The predicted octanol–water partition coefficient (Wildman–Crippen LogP) is 1.23. The van der Waals surface area contributed by atoms with Crippen molar-refractivity contribution in [1.82, 2.24) is 10.2 Å². The zero-order chi connectivity index (χ0) is 12.7. The Morgan fingerprint density at radius 1 is 1.35 bits per heavy atom. The van der Waals surface area contributed by atoms with E-state index in [4.69, 9.17) is 5.73 Å². The lowest BCUT2D eigenvalue weighted by Crippen LogP contribution is -2.28. The van der Waals surface area contributed by atoms with Gasteiger partial charge in [0.2, 0.25) is 5.91 Å². The van der Waals surface area contributed by atoms with Crippen molar-refractivity contribution in [3.05, 3.63) is 29.8 Å². The molecule has 0 aliphatic heterocycles. The molecule has 0 aliphatic carbocycles. The number of hydrogen-bond donors (Lipinski definition) is 2. The van der Waals surface area contributed by atoms with Crippen LogP contribution < -0.4 is 11.1 Å². The lowest BCUT2D eigenvalue weighted by atomic mass is 10.2. The molecule has 1 rings (SSSR count). The second kappa shape index (κ2) is 6.91. The molecule has 0 spiro atoms. The summed E-state index contributed by atoms with van der Waals surface area (Å²) in [6.45, 7) is 4.21. The van der Waals surface area contributed by atoms with Gasteiger partial charge in [-0.05, 0) is 31.7 Å². The van der Waals surface area contributed by atoms with E-state index in [1.165, 1.54) is 5.56 Å². The number of benzene rings is 1. The van der Waals surface area contributed by atoms with E-state index in [2.05, 4.69) is 10.2 Å². The van der Waals surface area contributed by atoms with Crippen molar-refractivity contribution in [2.24, 2.45) is 0 Å². The second-order valence-corrected chi connectivity index (χ2v) is 4.18. The van der Waals surface area contributed by atoms with Crippen LogP contribution >= 0.6 is 0 Å². The molecule has 0 fully saturated rings. The van der Waals surface area contributed by atoms with Crippen molar-refractivity contribution in [2.75, 3.05) is 25.9 Å². The van der Waals surface area contributed by atoms with Crippen LogP contribution in [0.1, 0.15) is 18.9 Å². The van der Waals surface area contributed by atoms with Gasteiger partial charge in [-0.2, -0.15) is 0 Å². The Balaban J connectivity index is 2.31. The summed E-state index contributed by atoms with van der Waals surface area (Å²) in [5, 5.41) is 2.79. The summed E-state index contributed by atoms with van der Waals surface area (Å²) in [6, 6.07) is 7.82. The Labute approximate surface area is 103 Å². The van der Waals surface area contributed by atoms with Crippen molar-refractivity contribution in [2.45, 2.75) is 19.9 Å². The second-order valence-electron chi connectivity index (χ2n) is 4.18. The number of nitrogens with one attached hydrogen (secondary N) is 1. The van der Waals surface area contributed by atoms with E-state index in [0.29, 0.717) is 13.0 Å². The van der Waals surface area contributed by atoms with Crippen molar-refractivity contribution in [3.8, 4) is 0 Å². The molecule has 0 aromatic heterocycles. The summed E-state index contributed by atoms with van der Waals surface area (Å²) < 4.78 is 0. The van der Waals surface area contributed by atoms with Crippen LogP contribution in [0.2, 0.25) is 0 Å². The first-order valence-electron chi connectivity index (χ1n) is 5.91. The van der Waals surface area contributed by atoms with E-state index in [0.717, 1.165) is 18.8 Å². The molecule has 4 nitrogen and oxygen atoms in total. The Kier molecular flexibility index (Phi) is 5.49. The molecule has 0 atom stereocenters. The minimum atomic E-state index is 0.108. The molecular formula is C13H21N3O. The molecule has 17 heavy (non-hydrogen) atoms. The first-order chi connectivity index (χ1) is 8.11. The number of anilines is 1. The van der Waals surface area contributed by atoms with Gasteiger partial charge in [-0.1, -0.05) is 12.1 Å². The fraction of sp³-hybridized carbons (Fsp3) is 0.462. The number of amides is 1. The molecule has 4 heteroatoms. The summed E-state index contributed by atoms with van der Waals surface area (Å²) in [4.78, 5) is 13.4. The summed E-state index contributed by atoms with van der Waals surface area (Å²) in [5.74, 6) is 0.108. The average molecular weight is 235 g/mol. The van der Waals surface area contributed by atoms with Gasteiger partial charge in [-0.3, -0.25) is 4.79 Å². The SMILES string of the molecule is CCNC(=O)CCN(C)Cc1ccc(N)cc1. The van der Waals surface area contributed by atoms with Crippen LogP contribution in [-0.4, -0.2) is 30.9 Å². The molecule has 0 unspecified atom stereocenters. The molecule has 0 saturated heterocycles. The number of carbonyl (C=O) groups is 1. The van der Waals surface area contributed by atoms with Crippen LogP contribution in [0.5, 0.6) is 0 Å². The van der Waals surface area contributed by atoms with Gasteiger partial charge in [-0.25, -0.2) is 0 Å². The van der Waals surface area contributed by atoms with Crippen LogP contribution in [0, 0.1) is 0 Å². The van der Waals surface area contributed by atoms with Crippen LogP contribution in [0.3, 0.4) is 0 Å². The standard InChI is InChI=1S/C13H21N3O/c1-3-15-13(17)8-9-16(2)10-11-4-6-12(14)7-5-11/h4-7H,3,8-10,14H2,1-2H3,(H,15,17). The molecule has 1 aromatic rings. The predicted molar refractivity (Wildman–Crippen MR) is 70.5 cm³/mol. The lowest BCUT2D eigenvalue weighted by molar-refractivity contribution is -0.121. The topological polar surface area (TPSA) is 58.4 Å². The fourth-order valence-electron chi connectivity index (χ4n) is 1.59. The summed E-state index contributed by atoms with van der Waals surface area (Å²) in [6.07, 6.45) is 0.541. The van der Waals surface area contributed by atoms with Gasteiger partial charge in [0, 0.05) is 31.7 Å². The lowest BCUT2D eigenvalue weighted by Gasteiger charge is -2.16. The Morgan fingerprint density at radius 3 is 2.59 bits per heavy atom. The molecule has 0 aliphatic rings. The Hall–Kier alpha value is -1.55. The minimum absolute atomic E-state index is 0.108. The van der Waals surface area contributed by atoms with Gasteiger partial charge in [0.05, 0.1) is 0 Å². The average Bonchev–Trinajstić information content (AvgIpc) is 2.30. The number of rotatable bonds is 6. The van der Waals surface area contributed by atoms with E-state index in [1.54, 1.807) is 0 Å². The van der Waals surface area contributed by atoms with Crippen molar-refractivity contribution >= 4 is 11.6 Å². The molecule has 0 radical (unpaired) electrons. The van der Waals surface area contributed by atoms with Gasteiger partial charge >= 0.3 is 0 Å². The fourth-order valence-corrected chi connectivity index (χ4v) is 1.59. The highest BCUT2D eigenvalue weighted by atomic mass is 16.1. The van der Waals surface area contributed by atoms with Crippen molar-refractivity contribution < 1.29 is 4.79 Å². The van der Waals surface area contributed by atoms with E-state index in [-0.39, 0.29) is 5.91 Å². The first-order valence-corrected chi connectivity index (χ1v) is 5.91. The maximum Gasteiger partial charge on any atom is 0.221 e. The molecule has 94 valence electrons. The van der Waals surface area contributed by atoms with Crippen LogP contribution in [0.25, 0.3) is 0 Å². The number of nitrogen functional groups attached to an aromatic ring is 1. The Morgan fingerprint density at radius 2 is 2.00 bits per heavy atom. The number of nitrogens with zero attached hydrogens (tertiary/aromatic N) is 1. The maximum absolute atomic E-state index is 11.3. The van der Waals surface area contributed by atoms with Gasteiger partial charge in [0.15, 0.2) is 0 Å². The minimum Gasteiger partial charge on any atom is -0.399 e. The van der Waals surface area contributed by atoms with Crippen LogP contribution in [0.4, 0.5) is 5.69 Å². The summed E-state index contributed by atoms with van der Waals surface area (Å²) in [5.41, 5.74) is 7.61. The molecule has 0 saturated carbocycles. The molecular weight excluding hydrogens is 214 g/mol. The normalized spacial score (nSPS) is 10.5. The summed E-state index contributed by atoms with van der Waals surface area (Å²) in [7, 11) is 2.01. The Bertz CT molecular complexity index is 348. The van der Waals surface area contributed by atoms with E-state index >= 15 is 0 Å². The van der Waals surface area contributed by atoms with Crippen molar-refractivity contribution in [1.29, 1.82) is 0 Å². The highest BCUT2D eigenvalue weighted by Crippen LogP contribution is 2.07. The molecule has 1 aromatic carbocycles. The van der Waals surface area contributed by atoms with E-state index < -0.39 is 0 Å². The number of hydrogen-bond acceptors (Lipinski definition) is 3. The zero-order valence-electron chi connectivity index (χ0n) is 10.6. The third kappa shape index (κ3) is 5.36. The number of nitrogens with two attached hydrogens (primary N) is 1. The van der Waals surface area contributed by atoms with Crippen molar-refractivity contribution in [3.63, 3.8) is 0 Å². The zero-order valence-corrected chi connectivity index (χ0v) is 10.6. The van der Waals surface area contributed by atoms with Gasteiger partial charge in [0.25, 0.3) is 0 Å². The number of carbonyl (C=O) groups excluding carboxylic acids is 1. The first kappa shape index (κ1) is 13.5. The molecule has 0 bridgehead atoms. The van der Waals surface area contributed by atoms with Crippen LogP contribution in [0.15, 0.2) is 24.3 Å². The monoisotopic (exact) mass is 235 g/mol. The molecule has 3 N–H and O–H groups in total. The van der Waals surface area contributed by atoms with Crippen LogP contribution in [-0.2, 0) is 11.3 Å². The van der Waals surface area contributed by atoms with E-state index in [1.807, 2.05) is 38.2 Å². The third-order valence-corrected chi connectivity index (χ3v) is 2.53. The smallest absolute Gasteiger partial charge is 0.221 e. The largest absolute Gasteiger partial charge is 0.399 e. The molecule has 1 amide bonds. The summed E-state index contributed by atoms with van der Waals surface area (Å²) >= 11 is 0. The van der Waals surface area contributed by atoms with Gasteiger partial charge in [-0.15, -0.1) is 0 Å². The third-order valence-electron chi connectivity index (χ3n) is 2.53. The quantitative estimate of drug-likeness (QED) is 0.729. The highest BCUT2D eigenvalue weighted by molar-refractivity contribution is 5.75. The van der Waals surface area contributed by atoms with Gasteiger partial charge in [0.1, 0.15) is 0 Å². The highest BCUT2D eigenvalue weighted by Gasteiger charge is 2.04. The van der Waals surface area contributed by atoms with E-state index in [9.17, 15) is 4.79 Å².